The molecule has 0 aliphatic heterocycles. The zero-order valence-corrected chi connectivity index (χ0v) is 8.36. The lowest BCUT2D eigenvalue weighted by Crippen LogP contribution is -2.26. The molecule has 6 nitrogen and oxygen atoms in total. The van der Waals surface area contributed by atoms with Gasteiger partial charge in [0.1, 0.15) is 12.7 Å². The predicted octanol–water partition coefficient (Wildman–Crippen LogP) is -0.723. The van der Waals surface area contributed by atoms with Gasteiger partial charge in [-0.3, -0.25) is 4.18 Å². The number of carbonyl (C=O) groups is 1. The lowest BCUT2D eigenvalue weighted by Gasteiger charge is -2.14. The molecule has 0 aromatic rings. The second-order valence-corrected chi connectivity index (χ2v) is 2.87. The third-order valence-electron chi connectivity index (χ3n) is 1.14. The summed E-state index contributed by atoms with van der Waals surface area (Å²) >= 11 is -2.68. The molecule has 0 aliphatic carbocycles. The van der Waals surface area contributed by atoms with Crippen LogP contribution in [0.15, 0.2) is 12.2 Å². The fourth-order valence-electron chi connectivity index (χ4n) is 0.595. The van der Waals surface area contributed by atoms with Crippen molar-refractivity contribution in [1.29, 1.82) is 0 Å². The lowest BCUT2D eigenvalue weighted by molar-refractivity contribution is -0.146. The van der Waals surface area contributed by atoms with Gasteiger partial charge in [-0.05, 0) is 6.92 Å². The number of hydrogen-bond acceptors (Lipinski definition) is 6. The number of allylic oxidation sites excluding steroid dienone is 1. The van der Waals surface area contributed by atoms with E-state index in [-0.39, 0.29) is 0 Å². The van der Waals surface area contributed by atoms with Crippen LogP contribution in [-0.2, 0) is 25.1 Å². The van der Waals surface area contributed by atoms with Crippen LogP contribution in [0, 0.1) is 0 Å². The Morgan fingerprint density at radius 3 is 2.79 bits per heavy atom. The number of ether oxygens (including phenoxy) is 1. The summed E-state index contributed by atoms with van der Waals surface area (Å²) in [6, 6.07) is 0. The summed E-state index contributed by atoms with van der Waals surface area (Å²) < 4.78 is 28.7. The highest BCUT2D eigenvalue weighted by atomic mass is 32.2. The van der Waals surface area contributed by atoms with Crippen LogP contribution in [0.4, 0.5) is 0 Å². The third kappa shape index (κ3) is 6.72. The molecule has 2 unspecified atom stereocenters. The Hall–Kier alpha value is -0.760. The molecular formula is C7H11O6S-. The van der Waals surface area contributed by atoms with Crippen molar-refractivity contribution in [3.8, 4) is 0 Å². The summed E-state index contributed by atoms with van der Waals surface area (Å²) in [5, 5.41) is 8.67. The van der Waals surface area contributed by atoms with E-state index in [2.05, 4.69) is 8.92 Å². The molecule has 0 heterocycles. The van der Waals surface area contributed by atoms with E-state index in [1.54, 1.807) is 6.92 Å². The van der Waals surface area contributed by atoms with Crippen molar-refractivity contribution < 1.29 is 27.6 Å². The molecule has 0 rings (SSSR count). The van der Waals surface area contributed by atoms with Gasteiger partial charge in [-0.1, -0.05) is 6.08 Å². The second kappa shape index (κ2) is 7.63. The standard InChI is InChI=1S/C7H12O6S/c1-2-3-7(9)13-6(4-8)5-12-14(10)11/h2-3,6,8H,4-5H2,1H3,(H,10,11)/p-1. The van der Waals surface area contributed by atoms with Crippen LogP contribution in [0.2, 0.25) is 0 Å². The molecule has 0 bridgehead atoms. The van der Waals surface area contributed by atoms with Gasteiger partial charge in [0.05, 0.1) is 18.0 Å². The van der Waals surface area contributed by atoms with E-state index in [0.717, 1.165) is 6.08 Å². The molecule has 14 heavy (non-hydrogen) atoms. The molecule has 0 aromatic carbocycles. The highest BCUT2D eigenvalue weighted by Gasteiger charge is 2.11. The molecule has 7 heteroatoms. The average molecular weight is 223 g/mol. The minimum absolute atomic E-state index is 0.393. The van der Waals surface area contributed by atoms with Gasteiger partial charge < -0.3 is 14.4 Å². The molecule has 82 valence electrons. The van der Waals surface area contributed by atoms with E-state index < -0.39 is 36.6 Å². The van der Waals surface area contributed by atoms with Crippen molar-refractivity contribution in [2.24, 2.45) is 0 Å². The number of rotatable bonds is 6. The lowest BCUT2D eigenvalue weighted by atomic mass is 10.4. The van der Waals surface area contributed by atoms with E-state index in [9.17, 15) is 13.6 Å². The number of carbonyl (C=O) groups excluding carboxylic acids is 1. The Morgan fingerprint density at radius 1 is 1.71 bits per heavy atom. The number of esters is 1. The minimum atomic E-state index is -2.68. The number of hydrogen-bond donors (Lipinski definition) is 1. The molecule has 0 spiro atoms. The van der Waals surface area contributed by atoms with Crippen LogP contribution in [-0.4, -0.2) is 39.2 Å². The fourth-order valence-corrected chi connectivity index (χ4v) is 0.858. The van der Waals surface area contributed by atoms with Gasteiger partial charge in [0, 0.05) is 6.08 Å². The molecule has 0 amide bonds. The van der Waals surface area contributed by atoms with Gasteiger partial charge in [0.25, 0.3) is 0 Å². The maximum atomic E-state index is 10.8. The predicted molar refractivity (Wildman–Crippen MR) is 46.7 cm³/mol. The van der Waals surface area contributed by atoms with Crippen molar-refractivity contribution in [3.63, 3.8) is 0 Å². The van der Waals surface area contributed by atoms with Crippen LogP contribution in [0.3, 0.4) is 0 Å². The molecule has 0 aliphatic rings. The SMILES string of the molecule is CC=CC(=O)OC(CO)COS(=O)[O-]. The largest absolute Gasteiger partial charge is 0.750 e. The first-order valence-corrected chi connectivity index (χ1v) is 4.76. The quantitative estimate of drug-likeness (QED) is 0.362. The highest BCUT2D eigenvalue weighted by Crippen LogP contribution is 1.95. The van der Waals surface area contributed by atoms with Crippen LogP contribution in [0.5, 0.6) is 0 Å². The van der Waals surface area contributed by atoms with Gasteiger partial charge in [0.2, 0.25) is 0 Å². The minimum Gasteiger partial charge on any atom is -0.750 e. The average Bonchev–Trinajstić information content (AvgIpc) is 2.12. The van der Waals surface area contributed by atoms with Gasteiger partial charge in [-0.15, -0.1) is 0 Å². The van der Waals surface area contributed by atoms with Crippen molar-refractivity contribution in [2.75, 3.05) is 13.2 Å². The van der Waals surface area contributed by atoms with Crippen LogP contribution in [0.1, 0.15) is 6.92 Å². The number of aliphatic hydroxyl groups excluding tert-OH is 1. The third-order valence-corrected chi connectivity index (χ3v) is 1.47. The van der Waals surface area contributed by atoms with Gasteiger partial charge in [0.15, 0.2) is 0 Å². The molecule has 2 atom stereocenters. The summed E-state index contributed by atoms with van der Waals surface area (Å²) in [6.45, 7) is 0.731. The molecule has 0 radical (unpaired) electrons. The maximum absolute atomic E-state index is 10.8. The summed E-state index contributed by atoms with van der Waals surface area (Å²) in [5.74, 6) is -0.660. The van der Waals surface area contributed by atoms with Crippen molar-refractivity contribution >= 4 is 17.3 Å². The first-order valence-electron chi connectivity index (χ1n) is 3.76. The van der Waals surface area contributed by atoms with Crippen molar-refractivity contribution in [2.45, 2.75) is 13.0 Å². The van der Waals surface area contributed by atoms with E-state index in [1.165, 1.54) is 6.08 Å². The van der Waals surface area contributed by atoms with Gasteiger partial charge in [-0.2, -0.15) is 0 Å². The Balaban J connectivity index is 3.90. The normalized spacial score (nSPS) is 15.4. The van der Waals surface area contributed by atoms with Crippen molar-refractivity contribution in [1.82, 2.24) is 0 Å². The molecule has 0 aromatic heterocycles. The number of aliphatic hydroxyl groups is 1. The summed E-state index contributed by atoms with van der Waals surface area (Å²) in [5.41, 5.74) is 0. The van der Waals surface area contributed by atoms with E-state index >= 15 is 0 Å². The highest BCUT2D eigenvalue weighted by molar-refractivity contribution is 7.74. The zero-order valence-electron chi connectivity index (χ0n) is 7.54. The monoisotopic (exact) mass is 223 g/mol. The van der Waals surface area contributed by atoms with Crippen LogP contribution < -0.4 is 0 Å². The first-order chi connectivity index (χ1) is 6.60. The Labute approximate surface area is 84.0 Å². The van der Waals surface area contributed by atoms with E-state index in [1.807, 2.05) is 0 Å². The maximum Gasteiger partial charge on any atom is 0.330 e. The molecule has 0 saturated carbocycles. The zero-order chi connectivity index (χ0) is 11.0. The first kappa shape index (κ1) is 13.2. The Bertz CT molecular complexity index is 226. The molecular weight excluding hydrogens is 212 g/mol. The van der Waals surface area contributed by atoms with E-state index in [0.29, 0.717) is 0 Å². The Kier molecular flexibility index (Phi) is 7.21. The molecule has 0 fully saturated rings. The second-order valence-electron chi connectivity index (χ2n) is 2.23. The molecule has 0 saturated heterocycles. The van der Waals surface area contributed by atoms with Gasteiger partial charge >= 0.3 is 5.97 Å². The Morgan fingerprint density at radius 2 is 2.36 bits per heavy atom. The summed E-state index contributed by atoms with van der Waals surface area (Å²) in [6.07, 6.45) is 1.64. The van der Waals surface area contributed by atoms with E-state index in [4.69, 9.17) is 5.11 Å². The van der Waals surface area contributed by atoms with Crippen molar-refractivity contribution in [3.05, 3.63) is 12.2 Å². The summed E-state index contributed by atoms with van der Waals surface area (Å²) in [4.78, 5) is 10.8. The smallest absolute Gasteiger partial charge is 0.330 e. The topological polar surface area (TPSA) is 95.9 Å². The van der Waals surface area contributed by atoms with Gasteiger partial charge in [-0.25, -0.2) is 9.00 Å². The van der Waals surface area contributed by atoms with Crippen LogP contribution >= 0.6 is 0 Å². The summed E-state index contributed by atoms with van der Waals surface area (Å²) in [7, 11) is 0. The molecule has 1 N–H and O–H groups in total. The van der Waals surface area contributed by atoms with Crippen LogP contribution in [0.25, 0.3) is 0 Å². The fraction of sp³-hybridized carbons (Fsp3) is 0.571.